The van der Waals surface area contributed by atoms with Gasteiger partial charge in [0.25, 0.3) is 5.56 Å². The highest BCUT2D eigenvalue weighted by Gasteiger charge is 2.06. The first-order valence-corrected chi connectivity index (χ1v) is 3.52. The lowest BCUT2D eigenvalue weighted by Crippen LogP contribution is -2.17. The topological polar surface area (TPSA) is 76.0 Å². The fourth-order valence-corrected chi connectivity index (χ4v) is 0.901. The summed E-state index contributed by atoms with van der Waals surface area (Å²) in [6.45, 7) is 3.01. The van der Waals surface area contributed by atoms with Gasteiger partial charge in [0.15, 0.2) is 5.78 Å². The Balaban J connectivity index is 3.43. The maximum absolute atomic E-state index is 11.1. The molecule has 1 rings (SSSR count). The second kappa shape index (κ2) is 2.81. The normalized spacial score (nSPS) is 9.83. The Hall–Kier alpha value is -1.58. The molecule has 4 nitrogen and oxygen atoms in total. The van der Waals surface area contributed by atoms with E-state index in [4.69, 9.17) is 5.73 Å². The van der Waals surface area contributed by atoms with Crippen LogP contribution in [0.25, 0.3) is 0 Å². The van der Waals surface area contributed by atoms with Crippen LogP contribution in [-0.2, 0) is 0 Å². The van der Waals surface area contributed by atoms with Crippen molar-refractivity contribution in [3.8, 4) is 0 Å². The van der Waals surface area contributed by atoms with E-state index in [2.05, 4.69) is 4.98 Å². The molecule has 4 heteroatoms. The summed E-state index contributed by atoms with van der Waals surface area (Å²) in [7, 11) is 0. The monoisotopic (exact) mass is 166 g/mol. The van der Waals surface area contributed by atoms with Crippen molar-refractivity contribution in [2.24, 2.45) is 0 Å². The Kier molecular flexibility index (Phi) is 1.99. The molecule has 12 heavy (non-hydrogen) atoms. The molecular weight excluding hydrogens is 156 g/mol. The molecule has 0 atom stereocenters. The number of rotatable bonds is 1. The summed E-state index contributed by atoms with van der Waals surface area (Å²) in [5, 5.41) is 0. The minimum absolute atomic E-state index is 0.109. The van der Waals surface area contributed by atoms with E-state index in [1.165, 1.54) is 13.0 Å². The molecule has 0 bridgehead atoms. The van der Waals surface area contributed by atoms with Crippen LogP contribution in [0.1, 0.15) is 23.0 Å². The lowest BCUT2D eigenvalue weighted by atomic mass is 10.2. The minimum atomic E-state index is -0.380. The van der Waals surface area contributed by atoms with Gasteiger partial charge < -0.3 is 10.7 Å². The summed E-state index contributed by atoms with van der Waals surface area (Å²) in [6.07, 6.45) is 0. The zero-order valence-corrected chi connectivity index (χ0v) is 6.97. The van der Waals surface area contributed by atoms with E-state index in [0.29, 0.717) is 11.4 Å². The number of ketones is 1. The fourth-order valence-electron chi connectivity index (χ4n) is 0.901. The molecule has 0 saturated heterocycles. The van der Waals surface area contributed by atoms with Crippen LogP contribution in [0.2, 0.25) is 0 Å². The van der Waals surface area contributed by atoms with Crippen LogP contribution < -0.4 is 11.3 Å². The van der Waals surface area contributed by atoms with Gasteiger partial charge in [-0.2, -0.15) is 0 Å². The number of aromatic nitrogens is 1. The highest BCUT2D eigenvalue weighted by molar-refractivity contribution is 5.94. The Morgan fingerprint density at radius 2 is 2.17 bits per heavy atom. The molecule has 0 aromatic carbocycles. The molecule has 0 aliphatic rings. The molecule has 0 amide bonds. The first kappa shape index (κ1) is 8.52. The molecular formula is C8H10N2O2. The molecule has 1 aromatic rings. The van der Waals surface area contributed by atoms with Crippen molar-refractivity contribution in [1.82, 2.24) is 4.98 Å². The third kappa shape index (κ3) is 1.37. The Morgan fingerprint density at radius 1 is 1.58 bits per heavy atom. The second-order valence-electron chi connectivity index (χ2n) is 2.65. The molecule has 0 fully saturated rings. The zero-order valence-electron chi connectivity index (χ0n) is 6.97. The lowest BCUT2D eigenvalue weighted by Gasteiger charge is -2.00. The Labute approximate surface area is 69.4 Å². The van der Waals surface area contributed by atoms with E-state index in [1.807, 2.05) is 0 Å². The smallest absolute Gasteiger partial charge is 0.259 e. The maximum atomic E-state index is 11.1. The Bertz CT molecular complexity index is 379. The molecule has 0 radical (unpaired) electrons. The van der Waals surface area contributed by atoms with Crippen LogP contribution in [-0.4, -0.2) is 10.8 Å². The van der Waals surface area contributed by atoms with Crippen LogP contribution in [0, 0.1) is 6.92 Å². The minimum Gasteiger partial charge on any atom is -0.397 e. The highest BCUT2D eigenvalue weighted by atomic mass is 16.1. The summed E-state index contributed by atoms with van der Waals surface area (Å²) in [5.41, 5.74) is 6.25. The van der Waals surface area contributed by atoms with Gasteiger partial charge in [0.2, 0.25) is 0 Å². The number of nitrogens with two attached hydrogens (primary N) is 1. The first-order valence-electron chi connectivity index (χ1n) is 3.52. The molecule has 1 aromatic heterocycles. The van der Waals surface area contributed by atoms with Gasteiger partial charge in [-0.15, -0.1) is 0 Å². The first-order chi connectivity index (χ1) is 5.52. The predicted octanol–water partition coefficient (Wildman–Crippen LogP) is 0.468. The van der Waals surface area contributed by atoms with Gasteiger partial charge in [0.05, 0.1) is 11.3 Å². The number of nitrogens with one attached hydrogen (secondary N) is 1. The number of Topliss-reactive ketones (excluding diaryl/α,β-unsaturated/α-hetero) is 1. The number of H-pyrrole nitrogens is 1. The standard InChI is InChI=1S/C8H10N2O2/c1-4-7(9)3-6(5(2)11)8(12)10-4/h3H,9H2,1-2H3,(H,10,12). The number of pyridine rings is 1. The van der Waals surface area contributed by atoms with Crippen molar-refractivity contribution in [2.75, 3.05) is 5.73 Å². The number of nitrogen functional groups attached to an aromatic ring is 1. The molecule has 0 aliphatic heterocycles. The molecule has 0 unspecified atom stereocenters. The SMILES string of the molecule is CC(=O)c1cc(N)c(C)[nH]c1=O. The van der Waals surface area contributed by atoms with E-state index in [-0.39, 0.29) is 16.9 Å². The second-order valence-corrected chi connectivity index (χ2v) is 2.65. The van der Waals surface area contributed by atoms with Crippen LogP contribution in [0.5, 0.6) is 0 Å². The van der Waals surface area contributed by atoms with Gasteiger partial charge >= 0.3 is 0 Å². The number of hydrogen-bond donors (Lipinski definition) is 2. The highest BCUT2D eigenvalue weighted by Crippen LogP contribution is 2.05. The van der Waals surface area contributed by atoms with Crippen LogP contribution in [0.15, 0.2) is 10.9 Å². The van der Waals surface area contributed by atoms with Gasteiger partial charge in [-0.3, -0.25) is 9.59 Å². The van der Waals surface area contributed by atoms with E-state index >= 15 is 0 Å². The Morgan fingerprint density at radius 3 is 2.67 bits per heavy atom. The summed E-state index contributed by atoms with van der Waals surface area (Å²) >= 11 is 0. The van der Waals surface area contributed by atoms with Gasteiger partial charge in [-0.05, 0) is 19.9 Å². The molecule has 0 saturated carbocycles. The number of hydrogen-bond acceptors (Lipinski definition) is 3. The van der Waals surface area contributed by atoms with Crippen molar-refractivity contribution < 1.29 is 4.79 Å². The summed E-state index contributed by atoms with van der Waals surface area (Å²) in [5.74, 6) is -0.275. The van der Waals surface area contributed by atoms with Crippen LogP contribution in [0.4, 0.5) is 5.69 Å². The number of aryl methyl sites for hydroxylation is 1. The van der Waals surface area contributed by atoms with Crippen molar-refractivity contribution in [3.63, 3.8) is 0 Å². The van der Waals surface area contributed by atoms with Crippen molar-refractivity contribution in [2.45, 2.75) is 13.8 Å². The predicted molar refractivity (Wildman–Crippen MR) is 46.2 cm³/mol. The molecule has 64 valence electrons. The number of carbonyl (C=O) groups excluding carboxylic acids is 1. The average molecular weight is 166 g/mol. The molecule has 0 aliphatic carbocycles. The third-order valence-electron chi connectivity index (χ3n) is 1.66. The molecule has 1 heterocycles. The van der Waals surface area contributed by atoms with E-state index in [0.717, 1.165) is 0 Å². The molecule has 3 N–H and O–H groups in total. The van der Waals surface area contributed by atoms with Crippen LogP contribution in [0.3, 0.4) is 0 Å². The number of carbonyl (C=O) groups is 1. The van der Waals surface area contributed by atoms with Gasteiger partial charge in [0.1, 0.15) is 0 Å². The van der Waals surface area contributed by atoms with Crippen molar-refractivity contribution >= 4 is 11.5 Å². The quantitative estimate of drug-likeness (QED) is 0.595. The summed E-state index contributed by atoms with van der Waals surface area (Å²) < 4.78 is 0. The van der Waals surface area contributed by atoms with Gasteiger partial charge in [-0.25, -0.2) is 0 Å². The van der Waals surface area contributed by atoms with Crippen LogP contribution >= 0.6 is 0 Å². The summed E-state index contributed by atoms with van der Waals surface area (Å²) in [6, 6.07) is 1.40. The largest absolute Gasteiger partial charge is 0.397 e. The van der Waals surface area contributed by atoms with Gasteiger partial charge in [0, 0.05) is 5.69 Å². The van der Waals surface area contributed by atoms with E-state index in [9.17, 15) is 9.59 Å². The van der Waals surface area contributed by atoms with E-state index in [1.54, 1.807) is 6.92 Å². The number of aromatic amines is 1. The maximum Gasteiger partial charge on any atom is 0.259 e. The average Bonchev–Trinajstić information content (AvgIpc) is 1.96. The third-order valence-corrected chi connectivity index (χ3v) is 1.66. The van der Waals surface area contributed by atoms with Gasteiger partial charge in [-0.1, -0.05) is 0 Å². The lowest BCUT2D eigenvalue weighted by molar-refractivity contribution is 0.101. The molecule has 0 spiro atoms. The summed E-state index contributed by atoms with van der Waals surface area (Å²) in [4.78, 5) is 24.4. The fraction of sp³-hybridized carbons (Fsp3) is 0.250. The zero-order chi connectivity index (χ0) is 9.30. The van der Waals surface area contributed by atoms with E-state index < -0.39 is 0 Å². The number of anilines is 1. The van der Waals surface area contributed by atoms with Crippen molar-refractivity contribution in [1.29, 1.82) is 0 Å². The van der Waals surface area contributed by atoms with Crippen molar-refractivity contribution in [3.05, 3.63) is 27.7 Å².